The molecule has 0 aliphatic carbocycles. The van der Waals surface area contributed by atoms with Gasteiger partial charge in [-0.1, -0.05) is 11.6 Å². The van der Waals surface area contributed by atoms with Crippen molar-refractivity contribution in [3.63, 3.8) is 0 Å². The van der Waals surface area contributed by atoms with Gasteiger partial charge in [-0.15, -0.1) is 0 Å². The van der Waals surface area contributed by atoms with Crippen LogP contribution in [0.5, 0.6) is 5.75 Å². The van der Waals surface area contributed by atoms with Gasteiger partial charge in [0.15, 0.2) is 6.61 Å². The lowest BCUT2D eigenvalue weighted by molar-refractivity contribution is -0.118. The fourth-order valence-electron chi connectivity index (χ4n) is 1.84. The quantitative estimate of drug-likeness (QED) is 0.626. The second-order valence-electron chi connectivity index (χ2n) is 5.22. The van der Waals surface area contributed by atoms with Gasteiger partial charge in [0.1, 0.15) is 5.75 Å². The van der Waals surface area contributed by atoms with E-state index < -0.39 is 10.0 Å². The molecule has 0 unspecified atom stereocenters. The summed E-state index contributed by atoms with van der Waals surface area (Å²) >= 11 is 8.23. The van der Waals surface area contributed by atoms with E-state index >= 15 is 0 Å². The Kier molecular flexibility index (Phi) is 6.66. The maximum atomic E-state index is 12.1. The Morgan fingerprint density at radius 2 is 1.84 bits per heavy atom. The fraction of sp³-hybridized carbons (Fsp3) is 0.188. The Hall–Kier alpha value is -1.36. The van der Waals surface area contributed by atoms with Crippen LogP contribution in [0.15, 0.2) is 47.4 Å². The van der Waals surface area contributed by atoms with Gasteiger partial charge in [0, 0.05) is 23.4 Å². The molecule has 134 valence electrons. The lowest BCUT2D eigenvalue weighted by atomic mass is 10.3. The zero-order chi connectivity index (χ0) is 18.6. The SMILES string of the molecule is CN(C)S(=O)(=O)c1ccc(OCC(=O)Nc2ccc(I)cc2)c(Cl)c1. The molecule has 2 aromatic rings. The molecule has 0 radical (unpaired) electrons. The third-order valence-electron chi connectivity index (χ3n) is 3.17. The van der Waals surface area contributed by atoms with E-state index in [1.165, 1.54) is 32.3 Å². The number of anilines is 1. The summed E-state index contributed by atoms with van der Waals surface area (Å²) in [7, 11) is -0.712. The molecule has 0 aliphatic rings. The first-order chi connectivity index (χ1) is 11.7. The molecule has 0 saturated heterocycles. The van der Waals surface area contributed by atoms with Gasteiger partial charge in [0.25, 0.3) is 5.91 Å². The Morgan fingerprint density at radius 3 is 2.40 bits per heavy atom. The highest BCUT2D eigenvalue weighted by Gasteiger charge is 2.19. The van der Waals surface area contributed by atoms with E-state index in [1.54, 1.807) is 12.1 Å². The monoisotopic (exact) mass is 494 g/mol. The Labute approximate surface area is 165 Å². The predicted molar refractivity (Wildman–Crippen MR) is 106 cm³/mol. The van der Waals surface area contributed by atoms with Crippen LogP contribution in [0.1, 0.15) is 0 Å². The zero-order valence-electron chi connectivity index (χ0n) is 13.5. The lowest BCUT2D eigenvalue weighted by Gasteiger charge is -2.13. The van der Waals surface area contributed by atoms with Crippen molar-refractivity contribution in [1.82, 2.24) is 4.31 Å². The van der Waals surface area contributed by atoms with Crippen molar-refractivity contribution in [3.8, 4) is 5.75 Å². The molecule has 0 atom stereocenters. The van der Waals surface area contributed by atoms with Crippen LogP contribution in [0.3, 0.4) is 0 Å². The summed E-state index contributed by atoms with van der Waals surface area (Å²) in [6.45, 7) is -0.245. The predicted octanol–water partition coefficient (Wildman–Crippen LogP) is 3.21. The molecule has 9 heteroatoms. The summed E-state index contributed by atoms with van der Waals surface area (Å²) in [6.07, 6.45) is 0. The average molecular weight is 495 g/mol. The number of carbonyl (C=O) groups is 1. The number of hydrogen-bond acceptors (Lipinski definition) is 4. The van der Waals surface area contributed by atoms with Gasteiger partial charge in [0.05, 0.1) is 9.92 Å². The van der Waals surface area contributed by atoms with Crippen LogP contribution >= 0.6 is 34.2 Å². The highest BCUT2D eigenvalue weighted by Crippen LogP contribution is 2.28. The van der Waals surface area contributed by atoms with E-state index in [0.717, 1.165) is 7.88 Å². The molecule has 1 amide bonds. The molecular formula is C16H16ClIN2O4S. The first-order valence-corrected chi connectivity index (χ1v) is 10.00. The normalized spacial score (nSPS) is 11.4. The molecule has 0 heterocycles. The first kappa shape index (κ1) is 20.0. The summed E-state index contributed by atoms with van der Waals surface area (Å²) in [5, 5.41) is 2.81. The Morgan fingerprint density at radius 1 is 1.20 bits per heavy atom. The van der Waals surface area contributed by atoms with Gasteiger partial charge in [-0.2, -0.15) is 0 Å². The highest BCUT2D eigenvalue weighted by molar-refractivity contribution is 14.1. The van der Waals surface area contributed by atoms with Crippen molar-refractivity contribution in [2.75, 3.05) is 26.0 Å². The first-order valence-electron chi connectivity index (χ1n) is 7.10. The van der Waals surface area contributed by atoms with Gasteiger partial charge in [0.2, 0.25) is 10.0 Å². The number of benzene rings is 2. The summed E-state index contributed by atoms with van der Waals surface area (Å²) in [4.78, 5) is 12.0. The minimum Gasteiger partial charge on any atom is -0.482 e. The van der Waals surface area contributed by atoms with Crippen molar-refractivity contribution in [2.45, 2.75) is 4.90 Å². The maximum absolute atomic E-state index is 12.1. The molecule has 0 bridgehead atoms. The van der Waals surface area contributed by atoms with Crippen LogP contribution in [-0.2, 0) is 14.8 Å². The van der Waals surface area contributed by atoms with Crippen molar-refractivity contribution in [2.24, 2.45) is 0 Å². The third-order valence-corrected chi connectivity index (χ3v) is 5.99. The van der Waals surface area contributed by atoms with Crippen molar-refractivity contribution >= 4 is 55.8 Å². The maximum Gasteiger partial charge on any atom is 0.262 e. The molecule has 2 aromatic carbocycles. The van der Waals surface area contributed by atoms with Crippen LogP contribution in [0, 0.1) is 3.57 Å². The highest BCUT2D eigenvalue weighted by atomic mass is 127. The minimum absolute atomic E-state index is 0.0539. The second-order valence-corrected chi connectivity index (χ2v) is 9.03. The Balaban J connectivity index is 2.01. The van der Waals surface area contributed by atoms with E-state index in [2.05, 4.69) is 27.9 Å². The molecule has 2 rings (SSSR count). The third kappa shape index (κ3) is 5.30. The second kappa shape index (κ2) is 8.35. The number of sulfonamides is 1. The average Bonchev–Trinajstić information content (AvgIpc) is 2.55. The van der Waals surface area contributed by atoms with Gasteiger partial charge in [-0.25, -0.2) is 12.7 Å². The fourth-order valence-corrected chi connectivity index (χ4v) is 3.43. The molecule has 0 aliphatic heterocycles. The number of rotatable bonds is 6. The van der Waals surface area contributed by atoms with Gasteiger partial charge in [-0.3, -0.25) is 4.79 Å². The summed E-state index contributed by atoms with van der Waals surface area (Å²) < 4.78 is 31.6. The Bertz CT molecular complexity index is 870. The van der Waals surface area contributed by atoms with Crippen LogP contribution < -0.4 is 10.1 Å². The number of ether oxygens (including phenoxy) is 1. The summed E-state index contributed by atoms with van der Waals surface area (Å²) in [5.41, 5.74) is 0.660. The molecule has 0 fully saturated rings. The molecule has 25 heavy (non-hydrogen) atoms. The summed E-state index contributed by atoms with van der Waals surface area (Å²) in [6, 6.07) is 11.4. The van der Waals surface area contributed by atoms with E-state index in [9.17, 15) is 13.2 Å². The van der Waals surface area contributed by atoms with Crippen LogP contribution in [-0.4, -0.2) is 39.3 Å². The lowest BCUT2D eigenvalue weighted by Crippen LogP contribution is -2.22. The van der Waals surface area contributed by atoms with E-state index in [4.69, 9.17) is 16.3 Å². The number of halogens is 2. The van der Waals surface area contributed by atoms with Crippen LogP contribution in [0.25, 0.3) is 0 Å². The number of nitrogens with one attached hydrogen (secondary N) is 1. The van der Waals surface area contributed by atoms with Crippen LogP contribution in [0.4, 0.5) is 5.69 Å². The number of carbonyl (C=O) groups excluding carboxylic acids is 1. The van der Waals surface area contributed by atoms with E-state index in [1.807, 2.05) is 12.1 Å². The molecule has 0 saturated carbocycles. The van der Waals surface area contributed by atoms with Crippen LogP contribution in [0.2, 0.25) is 5.02 Å². The summed E-state index contributed by atoms with van der Waals surface area (Å²) in [5.74, 6) is -0.112. The number of amides is 1. The molecule has 0 aromatic heterocycles. The number of nitrogens with zero attached hydrogens (tertiary/aromatic N) is 1. The molecule has 0 spiro atoms. The van der Waals surface area contributed by atoms with E-state index in [-0.39, 0.29) is 28.2 Å². The standard InChI is InChI=1S/C16H16ClIN2O4S/c1-20(2)25(22,23)13-7-8-15(14(17)9-13)24-10-16(21)19-12-5-3-11(18)4-6-12/h3-9H,10H2,1-2H3,(H,19,21). The van der Waals surface area contributed by atoms with Gasteiger partial charge in [-0.05, 0) is 65.1 Å². The van der Waals surface area contributed by atoms with E-state index in [0.29, 0.717) is 5.69 Å². The minimum atomic E-state index is -3.58. The van der Waals surface area contributed by atoms with Crippen molar-refractivity contribution in [3.05, 3.63) is 51.1 Å². The topological polar surface area (TPSA) is 75.7 Å². The smallest absolute Gasteiger partial charge is 0.262 e. The molecular weight excluding hydrogens is 479 g/mol. The number of hydrogen-bond donors (Lipinski definition) is 1. The van der Waals surface area contributed by atoms with Crippen molar-refractivity contribution < 1.29 is 17.9 Å². The van der Waals surface area contributed by atoms with Crippen molar-refractivity contribution in [1.29, 1.82) is 0 Å². The van der Waals surface area contributed by atoms with Gasteiger partial charge < -0.3 is 10.1 Å². The molecule has 6 nitrogen and oxygen atoms in total. The zero-order valence-corrected chi connectivity index (χ0v) is 17.2. The van der Waals surface area contributed by atoms with Gasteiger partial charge >= 0.3 is 0 Å². The largest absolute Gasteiger partial charge is 0.482 e. The molecule has 1 N–H and O–H groups in total.